The van der Waals surface area contributed by atoms with Gasteiger partial charge in [0.05, 0.1) is 22.7 Å². The van der Waals surface area contributed by atoms with Crippen LogP contribution in [0.2, 0.25) is 0 Å². The third-order valence-corrected chi connectivity index (χ3v) is 7.96. The average Bonchev–Trinajstić information content (AvgIpc) is 3.32. The van der Waals surface area contributed by atoms with Gasteiger partial charge in [0.1, 0.15) is 0 Å². The molecule has 0 aliphatic carbocycles. The lowest BCUT2D eigenvalue weighted by Crippen LogP contribution is -2.28. The lowest BCUT2D eigenvalue weighted by Gasteiger charge is -2.14. The summed E-state index contributed by atoms with van der Waals surface area (Å²) >= 11 is 0. The highest BCUT2D eigenvalue weighted by molar-refractivity contribution is 7.89. The van der Waals surface area contributed by atoms with E-state index in [4.69, 9.17) is 0 Å². The zero-order valence-electron chi connectivity index (χ0n) is 20.3. The van der Waals surface area contributed by atoms with Crippen molar-refractivity contribution in [1.82, 2.24) is 19.6 Å². The molecule has 3 N–H and O–H groups in total. The third-order valence-electron chi connectivity index (χ3n) is 6.48. The molecular formula is C26H30N6O3S. The fourth-order valence-electron chi connectivity index (χ4n) is 4.61. The number of benzene rings is 2. The number of hydrogen-bond donors (Lipinski definition) is 3. The highest BCUT2D eigenvalue weighted by Gasteiger charge is 2.21. The third kappa shape index (κ3) is 5.56. The van der Waals surface area contributed by atoms with Crippen LogP contribution < -0.4 is 15.4 Å². The summed E-state index contributed by atoms with van der Waals surface area (Å²) in [7, 11) is -3.57. The number of rotatable bonds is 8. The van der Waals surface area contributed by atoms with Crippen LogP contribution in [-0.4, -0.2) is 55.4 Å². The van der Waals surface area contributed by atoms with Gasteiger partial charge in [0.25, 0.3) is 0 Å². The monoisotopic (exact) mass is 506 g/mol. The Morgan fingerprint density at radius 1 is 1.08 bits per heavy atom. The Morgan fingerprint density at radius 3 is 2.64 bits per heavy atom. The minimum Gasteiger partial charge on any atom is -0.325 e. The highest BCUT2D eigenvalue weighted by atomic mass is 32.2. The molecule has 10 heteroatoms. The molecule has 0 saturated carbocycles. The number of anilines is 3. The molecule has 0 spiro atoms. The normalized spacial score (nSPS) is 15.6. The van der Waals surface area contributed by atoms with Gasteiger partial charge < -0.3 is 15.5 Å². The van der Waals surface area contributed by atoms with E-state index >= 15 is 0 Å². The summed E-state index contributed by atoms with van der Waals surface area (Å²) in [5.74, 6) is 0.261. The van der Waals surface area contributed by atoms with Crippen LogP contribution in [0.1, 0.15) is 30.4 Å². The topological polar surface area (TPSA) is 116 Å². The van der Waals surface area contributed by atoms with E-state index in [9.17, 15) is 13.2 Å². The fourth-order valence-corrected chi connectivity index (χ4v) is 5.68. The Labute approximate surface area is 211 Å². The molecule has 3 heterocycles. The molecule has 188 valence electrons. The van der Waals surface area contributed by atoms with Crippen molar-refractivity contribution in [3.8, 4) is 11.3 Å². The number of aryl methyl sites for hydroxylation is 1. The van der Waals surface area contributed by atoms with Crippen molar-refractivity contribution in [3.63, 3.8) is 0 Å². The molecule has 1 fully saturated rings. The number of nitrogens with one attached hydrogen (secondary N) is 3. The van der Waals surface area contributed by atoms with Crippen molar-refractivity contribution in [3.05, 3.63) is 59.8 Å². The predicted molar refractivity (Wildman–Crippen MR) is 140 cm³/mol. The lowest BCUT2D eigenvalue weighted by atomic mass is 10.0. The number of nitrogens with zero attached hydrogens (tertiary/aromatic N) is 3. The van der Waals surface area contributed by atoms with Gasteiger partial charge in [0.2, 0.25) is 21.9 Å². The van der Waals surface area contributed by atoms with E-state index in [1.54, 1.807) is 30.5 Å². The van der Waals surface area contributed by atoms with E-state index in [0.29, 0.717) is 23.9 Å². The molecular weight excluding hydrogens is 476 g/mol. The van der Waals surface area contributed by atoms with Gasteiger partial charge in [-0.25, -0.2) is 23.1 Å². The number of sulfonamides is 1. The van der Waals surface area contributed by atoms with Gasteiger partial charge in [0, 0.05) is 29.6 Å². The van der Waals surface area contributed by atoms with Crippen LogP contribution >= 0.6 is 0 Å². The van der Waals surface area contributed by atoms with Crippen LogP contribution in [0, 0.1) is 6.92 Å². The number of fused-ring (bicyclic) bond motifs is 3. The molecule has 36 heavy (non-hydrogen) atoms. The van der Waals surface area contributed by atoms with Gasteiger partial charge in [0.15, 0.2) is 0 Å². The highest BCUT2D eigenvalue weighted by Crippen LogP contribution is 2.33. The Bertz CT molecular complexity index is 1370. The number of likely N-dealkylation sites (tertiary alicyclic amines) is 1. The van der Waals surface area contributed by atoms with Crippen LogP contribution in [0.3, 0.4) is 0 Å². The summed E-state index contributed by atoms with van der Waals surface area (Å²) in [4.78, 5) is 23.9. The average molecular weight is 507 g/mol. The number of carbonyl (C=O) groups excluding carboxylic acids is 1. The van der Waals surface area contributed by atoms with E-state index < -0.39 is 10.0 Å². The second kappa shape index (κ2) is 10.3. The van der Waals surface area contributed by atoms with Crippen LogP contribution in [-0.2, 0) is 21.2 Å². The lowest BCUT2D eigenvalue weighted by molar-refractivity contribution is -0.115. The molecule has 0 atom stereocenters. The largest absolute Gasteiger partial charge is 0.325 e. The van der Waals surface area contributed by atoms with Crippen molar-refractivity contribution < 1.29 is 13.2 Å². The number of aromatic nitrogens is 2. The summed E-state index contributed by atoms with van der Waals surface area (Å²) < 4.78 is 28.0. The summed E-state index contributed by atoms with van der Waals surface area (Å²) in [6.07, 6.45) is 5.10. The molecule has 2 aromatic carbocycles. The predicted octanol–water partition coefficient (Wildman–Crippen LogP) is 3.45. The molecule has 1 amide bonds. The minimum absolute atomic E-state index is 0.105. The van der Waals surface area contributed by atoms with E-state index in [-0.39, 0.29) is 17.2 Å². The van der Waals surface area contributed by atoms with E-state index in [2.05, 4.69) is 30.2 Å². The molecule has 3 aromatic rings. The van der Waals surface area contributed by atoms with Crippen LogP contribution in [0.5, 0.6) is 0 Å². The molecule has 1 saturated heterocycles. The van der Waals surface area contributed by atoms with E-state index in [1.165, 1.54) is 12.8 Å². The maximum absolute atomic E-state index is 12.7. The van der Waals surface area contributed by atoms with Crippen molar-refractivity contribution in [2.24, 2.45) is 0 Å². The number of hydrogen-bond acceptors (Lipinski definition) is 7. The fraction of sp³-hybridized carbons (Fsp3) is 0.346. The van der Waals surface area contributed by atoms with Gasteiger partial charge >= 0.3 is 0 Å². The van der Waals surface area contributed by atoms with Gasteiger partial charge in [-0.2, -0.15) is 0 Å². The zero-order chi connectivity index (χ0) is 25.1. The summed E-state index contributed by atoms with van der Waals surface area (Å²) in [5.41, 5.74) is 4.71. The molecule has 5 rings (SSSR count). The summed E-state index contributed by atoms with van der Waals surface area (Å²) in [6.45, 7) is 5.52. The van der Waals surface area contributed by atoms with Gasteiger partial charge in [-0.1, -0.05) is 12.1 Å². The Morgan fingerprint density at radius 2 is 1.86 bits per heavy atom. The zero-order valence-corrected chi connectivity index (χ0v) is 21.1. The first-order valence-electron chi connectivity index (χ1n) is 12.2. The first-order valence-corrected chi connectivity index (χ1v) is 13.7. The minimum atomic E-state index is -3.57. The number of carbonyl (C=O) groups is 1. The first-order chi connectivity index (χ1) is 17.4. The molecule has 0 unspecified atom stereocenters. The molecule has 1 aromatic heterocycles. The number of amides is 1. The molecule has 2 aliphatic rings. The van der Waals surface area contributed by atoms with Crippen molar-refractivity contribution in [2.75, 3.05) is 36.8 Å². The first kappa shape index (κ1) is 24.4. The molecule has 0 bridgehead atoms. The van der Waals surface area contributed by atoms with Crippen LogP contribution in [0.25, 0.3) is 11.3 Å². The standard InChI is InChI=1S/C26H30N6O3S/c1-18-5-10-22-23(15-18)30-24(33)16-19-17-27-26(31-25(19)22)29-20-6-8-21(9-7-20)36(34,35)28-11-4-14-32-12-2-3-13-32/h5-10,15,17,28H,2-4,11-14,16H2,1H3,(H,30,33)(H,27,29,31). The quantitative estimate of drug-likeness (QED) is 0.401. The SMILES string of the molecule is Cc1ccc2c(c1)NC(=O)Cc1cnc(Nc3ccc(S(=O)(=O)NCCCN4CCCC4)cc3)nc1-2. The second-order valence-corrected chi connectivity index (χ2v) is 11.1. The second-order valence-electron chi connectivity index (χ2n) is 9.29. The van der Waals surface area contributed by atoms with Crippen molar-refractivity contribution in [1.29, 1.82) is 0 Å². The molecule has 9 nitrogen and oxygen atoms in total. The van der Waals surface area contributed by atoms with E-state index in [0.717, 1.165) is 48.4 Å². The Hall–Kier alpha value is -3.34. The maximum atomic E-state index is 12.7. The van der Waals surface area contributed by atoms with Gasteiger partial charge in [-0.05, 0) is 81.7 Å². The molecule has 2 aliphatic heterocycles. The van der Waals surface area contributed by atoms with Crippen LogP contribution in [0.4, 0.5) is 17.3 Å². The van der Waals surface area contributed by atoms with E-state index in [1.807, 2.05) is 25.1 Å². The summed E-state index contributed by atoms with van der Waals surface area (Å²) in [5, 5.41) is 6.08. The smallest absolute Gasteiger partial charge is 0.240 e. The van der Waals surface area contributed by atoms with Crippen LogP contribution in [0.15, 0.2) is 53.6 Å². The maximum Gasteiger partial charge on any atom is 0.240 e. The van der Waals surface area contributed by atoms with Crippen molar-refractivity contribution >= 4 is 33.3 Å². The Balaban J connectivity index is 1.27. The molecule has 0 radical (unpaired) electrons. The van der Waals surface area contributed by atoms with Crippen molar-refractivity contribution in [2.45, 2.75) is 37.5 Å². The van der Waals surface area contributed by atoms with Gasteiger partial charge in [-0.15, -0.1) is 0 Å². The summed E-state index contributed by atoms with van der Waals surface area (Å²) in [6, 6.07) is 12.4. The van der Waals surface area contributed by atoms with Gasteiger partial charge in [-0.3, -0.25) is 4.79 Å². The Kier molecular flexibility index (Phi) is 6.99.